The van der Waals surface area contributed by atoms with Crippen molar-refractivity contribution in [2.24, 2.45) is 5.10 Å². The van der Waals surface area contributed by atoms with Crippen LogP contribution in [0.4, 0.5) is 4.39 Å². The molecule has 0 bridgehead atoms. The molecule has 0 amide bonds. The number of halogens is 2. The maximum Gasteiger partial charge on any atom is 0.282 e. The summed E-state index contributed by atoms with van der Waals surface area (Å²) >= 11 is 3.49. The molecular weight excluding hydrogens is 595 g/mol. The number of ether oxygens (including phenoxy) is 1. The van der Waals surface area contributed by atoms with E-state index >= 15 is 0 Å². The molecule has 2 aromatic heterocycles. The lowest BCUT2D eigenvalue weighted by Crippen LogP contribution is -2.25. The molecule has 0 N–H and O–H groups in total. The molecule has 0 aliphatic heterocycles. The van der Waals surface area contributed by atoms with Crippen LogP contribution in [0.1, 0.15) is 66.4 Å². The predicted octanol–water partition coefficient (Wildman–Crippen LogP) is 8.21. The Morgan fingerprint density at radius 3 is 2.57 bits per heavy atom. The lowest BCUT2D eigenvalue weighted by atomic mass is 9.88. The van der Waals surface area contributed by atoms with Gasteiger partial charge in [0.2, 0.25) is 0 Å². The molecule has 1 aliphatic carbocycles. The zero-order chi connectivity index (χ0) is 29.2. The normalized spacial score (nSPS) is 14.2. The van der Waals surface area contributed by atoms with Gasteiger partial charge in [-0.3, -0.25) is 4.79 Å². The summed E-state index contributed by atoms with van der Waals surface area (Å²) in [5, 5.41) is 5.30. The molecule has 0 unspecified atom stereocenters. The van der Waals surface area contributed by atoms with Crippen LogP contribution in [0.2, 0.25) is 0 Å². The summed E-state index contributed by atoms with van der Waals surface area (Å²) < 4.78 is 23.8. The molecule has 6 nitrogen and oxygen atoms in total. The molecule has 8 heteroatoms. The maximum atomic E-state index is 13.7. The molecule has 0 atom stereocenters. The third kappa shape index (κ3) is 5.81. The molecule has 214 valence electrons. The van der Waals surface area contributed by atoms with Gasteiger partial charge in [0.25, 0.3) is 5.56 Å². The van der Waals surface area contributed by atoms with E-state index in [-0.39, 0.29) is 17.3 Å². The Hall–Kier alpha value is -4.04. The topological polar surface area (TPSA) is 61.4 Å². The van der Waals surface area contributed by atoms with Gasteiger partial charge in [0.05, 0.1) is 17.1 Å². The minimum atomic E-state index is -0.274. The van der Waals surface area contributed by atoms with Crippen molar-refractivity contribution in [1.82, 2.24) is 14.2 Å². The number of nitrogens with zero attached hydrogens (tertiary/aromatic N) is 4. The van der Waals surface area contributed by atoms with Crippen molar-refractivity contribution in [3.05, 3.63) is 122 Å². The first-order valence-electron chi connectivity index (χ1n) is 14.3. The second kappa shape index (κ2) is 12.1. The van der Waals surface area contributed by atoms with Crippen molar-refractivity contribution in [3.8, 4) is 11.4 Å². The summed E-state index contributed by atoms with van der Waals surface area (Å²) in [5.41, 5.74) is 5.30. The number of rotatable bonds is 7. The number of hydrogen-bond acceptors (Lipinski definition) is 4. The highest BCUT2D eigenvalue weighted by Crippen LogP contribution is 2.32. The molecule has 5 aromatic rings. The third-order valence-corrected chi connectivity index (χ3v) is 8.47. The zero-order valence-corrected chi connectivity index (χ0v) is 25.3. The Morgan fingerprint density at radius 1 is 1.02 bits per heavy atom. The Kier molecular flexibility index (Phi) is 8.07. The molecule has 1 saturated carbocycles. The molecule has 3 aromatic carbocycles. The van der Waals surface area contributed by atoms with Crippen molar-refractivity contribution in [2.75, 3.05) is 0 Å². The fourth-order valence-corrected chi connectivity index (χ4v) is 6.18. The van der Waals surface area contributed by atoms with Crippen LogP contribution in [0, 0.1) is 19.7 Å². The lowest BCUT2D eigenvalue weighted by Gasteiger charge is -2.22. The highest BCUT2D eigenvalue weighted by atomic mass is 79.9. The van der Waals surface area contributed by atoms with Crippen molar-refractivity contribution in [2.45, 2.75) is 58.5 Å². The van der Waals surface area contributed by atoms with Crippen molar-refractivity contribution in [3.63, 3.8) is 0 Å². The van der Waals surface area contributed by atoms with Crippen molar-refractivity contribution >= 4 is 33.0 Å². The Bertz CT molecular complexity index is 1840. The molecule has 1 fully saturated rings. The molecule has 42 heavy (non-hydrogen) atoms. The highest BCUT2D eigenvalue weighted by Gasteiger charge is 2.22. The molecule has 2 heterocycles. The fourth-order valence-electron chi connectivity index (χ4n) is 5.82. The van der Waals surface area contributed by atoms with Crippen molar-refractivity contribution in [1.29, 1.82) is 0 Å². The molecule has 1 aliphatic rings. The highest BCUT2D eigenvalue weighted by molar-refractivity contribution is 9.10. The van der Waals surface area contributed by atoms with Crippen LogP contribution in [0.15, 0.2) is 87.2 Å². The van der Waals surface area contributed by atoms with E-state index in [1.807, 2.05) is 62.4 Å². The second-order valence-electron chi connectivity index (χ2n) is 10.9. The van der Waals surface area contributed by atoms with Crippen LogP contribution < -0.4 is 10.3 Å². The van der Waals surface area contributed by atoms with Gasteiger partial charge in [0, 0.05) is 33.0 Å². The Balaban J connectivity index is 1.29. The van der Waals surface area contributed by atoms with E-state index in [9.17, 15) is 9.18 Å². The summed E-state index contributed by atoms with van der Waals surface area (Å²) in [4.78, 5) is 18.6. The van der Waals surface area contributed by atoms with E-state index in [4.69, 9.17) is 14.8 Å². The number of fused-ring (bicyclic) bond motifs is 1. The van der Waals surface area contributed by atoms with Crippen LogP contribution in [-0.4, -0.2) is 20.4 Å². The number of benzene rings is 3. The van der Waals surface area contributed by atoms with Crippen LogP contribution in [0.5, 0.6) is 5.75 Å². The molecule has 6 rings (SSSR count). The summed E-state index contributed by atoms with van der Waals surface area (Å²) in [6.45, 7) is 4.39. The predicted molar refractivity (Wildman–Crippen MR) is 168 cm³/mol. The number of aromatic nitrogens is 3. The van der Waals surface area contributed by atoms with Crippen molar-refractivity contribution < 1.29 is 9.13 Å². The first-order valence-corrected chi connectivity index (χ1v) is 15.1. The maximum absolute atomic E-state index is 13.7. The quantitative estimate of drug-likeness (QED) is 0.171. The van der Waals surface area contributed by atoms with Gasteiger partial charge < -0.3 is 9.30 Å². The van der Waals surface area contributed by atoms with Crippen LogP contribution in [0.25, 0.3) is 16.6 Å². The fraction of sp³-hybridized carbons (Fsp3) is 0.265. The first kappa shape index (κ1) is 28.1. The summed E-state index contributed by atoms with van der Waals surface area (Å²) in [7, 11) is 0. The number of hydrogen-bond donors (Lipinski definition) is 0. The van der Waals surface area contributed by atoms with Gasteiger partial charge in [0.15, 0.2) is 0 Å². The second-order valence-corrected chi connectivity index (χ2v) is 11.8. The molecule has 0 radical (unpaired) electrons. The summed E-state index contributed by atoms with van der Waals surface area (Å²) in [6.07, 6.45) is 7.29. The molecule has 0 spiro atoms. The van der Waals surface area contributed by atoms with E-state index in [1.54, 1.807) is 12.3 Å². The largest absolute Gasteiger partial charge is 0.489 e. The summed E-state index contributed by atoms with van der Waals surface area (Å²) in [5.74, 6) is 1.39. The van der Waals surface area contributed by atoms with Gasteiger partial charge in [-0.05, 0) is 92.9 Å². The average Bonchev–Trinajstić information content (AvgIpc) is 3.28. The smallest absolute Gasteiger partial charge is 0.282 e. The average molecular weight is 628 g/mol. The monoisotopic (exact) mass is 626 g/mol. The summed E-state index contributed by atoms with van der Waals surface area (Å²) in [6, 6.07) is 21.9. The van der Waals surface area contributed by atoms with Gasteiger partial charge in [-0.25, -0.2) is 9.37 Å². The molecular formula is C34H32BrFN4O2. The standard InChI is InChI=1S/C34H32BrFN4O2/c1-22-17-26(23(2)39(22)29-12-14-30(15-13-29)42-21-24-7-6-10-28(36)18-24)20-37-40-33(25-8-4-3-5-9-25)38-32-16-11-27(35)19-31(32)34(40)41/h6-7,10-20,25H,3-5,8-9,21H2,1-2H3. The zero-order valence-electron chi connectivity index (χ0n) is 23.7. The van der Waals surface area contributed by atoms with Gasteiger partial charge in [-0.1, -0.05) is 47.3 Å². The minimum absolute atomic E-state index is 0.152. The molecule has 0 saturated heterocycles. The number of aryl methyl sites for hydroxylation is 1. The first-order chi connectivity index (χ1) is 20.4. The van der Waals surface area contributed by atoms with Crippen LogP contribution in [0.3, 0.4) is 0 Å². The van der Waals surface area contributed by atoms with Gasteiger partial charge in [-0.2, -0.15) is 9.78 Å². The van der Waals surface area contributed by atoms with Crippen LogP contribution >= 0.6 is 15.9 Å². The van der Waals surface area contributed by atoms with E-state index in [0.29, 0.717) is 23.3 Å². The van der Waals surface area contributed by atoms with E-state index < -0.39 is 0 Å². The van der Waals surface area contributed by atoms with Crippen LogP contribution in [-0.2, 0) is 6.61 Å². The minimum Gasteiger partial charge on any atom is -0.489 e. The lowest BCUT2D eigenvalue weighted by molar-refractivity contribution is 0.305. The van der Waals surface area contributed by atoms with E-state index in [2.05, 4.69) is 26.6 Å². The van der Waals surface area contributed by atoms with Gasteiger partial charge in [-0.15, -0.1) is 0 Å². The SMILES string of the molecule is Cc1cc(C=Nn2c(C3CCCCC3)nc3ccc(Br)cc3c2=O)c(C)n1-c1ccc(OCc2cccc(F)c2)cc1. The Morgan fingerprint density at radius 2 is 1.81 bits per heavy atom. The van der Waals surface area contributed by atoms with Gasteiger partial charge in [0.1, 0.15) is 24.0 Å². The van der Waals surface area contributed by atoms with E-state index in [1.165, 1.54) is 23.2 Å². The van der Waals surface area contributed by atoms with Gasteiger partial charge >= 0.3 is 0 Å². The Labute approximate surface area is 252 Å². The third-order valence-electron chi connectivity index (χ3n) is 7.98. The van der Waals surface area contributed by atoms with E-state index in [0.717, 1.165) is 64.2 Å².